The number of anilines is 1. The fourth-order valence-electron chi connectivity index (χ4n) is 1.43. The van der Waals surface area contributed by atoms with Gasteiger partial charge in [-0.2, -0.15) is 0 Å². The minimum atomic E-state index is -1.35. The molecule has 0 aliphatic carbocycles. The van der Waals surface area contributed by atoms with Crippen LogP contribution in [0.15, 0.2) is 18.2 Å². The molecule has 0 saturated heterocycles. The van der Waals surface area contributed by atoms with Gasteiger partial charge in [-0.3, -0.25) is 14.9 Å². The number of aromatic carboxylic acids is 1. The summed E-state index contributed by atoms with van der Waals surface area (Å²) in [7, 11) is 1.55. The van der Waals surface area contributed by atoms with Crippen LogP contribution in [0.1, 0.15) is 10.4 Å². The molecule has 1 aromatic carbocycles. The summed E-state index contributed by atoms with van der Waals surface area (Å²) in [6.07, 6.45) is 0. The normalized spacial score (nSPS) is 10.1. The van der Waals surface area contributed by atoms with Crippen LogP contribution in [0.25, 0.3) is 0 Å². The van der Waals surface area contributed by atoms with Crippen LogP contribution in [-0.4, -0.2) is 47.1 Å². The first kappa shape index (κ1) is 16.9. The highest BCUT2D eigenvalue weighted by atomic mass is 32.2. The summed E-state index contributed by atoms with van der Waals surface area (Å²) in [5, 5.41) is 22.1. The first-order valence-corrected chi connectivity index (χ1v) is 6.99. The molecule has 0 saturated carbocycles. The van der Waals surface area contributed by atoms with E-state index < -0.39 is 10.9 Å². The van der Waals surface area contributed by atoms with E-state index in [4.69, 9.17) is 9.84 Å². The number of benzene rings is 1. The lowest BCUT2D eigenvalue weighted by molar-refractivity contribution is -0.384. The quantitative estimate of drug-likeness (QED) is 0.425. The molecule has 0 aliphatic heterocycles. The Bertz CT molecular complexity index is 549. The van der Waals surface area contributed by atoms with E-state index in [0.717, 1.165) is 12.1 Å². The zero-order chi connectivity index (χ0) is 15.8. The van der Waals surface area contributed by atoms with Crippen molar-refractivity contribution < 1.29 is 24.4 Å². The summed E-state index contributed by atoms with van der Waals surface area (Å²) >= 11 is 1.33. The summed E-state index contributed by atoms with van der Waals surface area (Å²) in [5.41, 5.74) is -0.634. The molecule has 0 fully saturated rings. The lowest BCUT2D eigenvalue weighted by Crippen LogP contribution is -2.17. The number of carbonyl (C=O) groups is 2. The molecule has 0 unspecified atom stereocenters. The van der Waals surface area contributed by atoms with E-state index >= 15 is 0 Å². The molecule has 0 atom stereocenters. The topological polar surface area (TPSA) is 119 Å². The predicted octanol–water partition coefficient (Wildman–Crippen LogP) is 1.61. The molecule has 0 aromatic heterocycles. The lowest BCUT2D eigenvalue weighted by atomic mass is 10.1. The zero-order valence-corrected chi connectivity index (χ0v) is 12.0. The number of carbonyl (C=O) groups excluding carboxylic acids is 1. The second-order valence-corrected chi connectivity index (χ2v) is 4.99. The predicted molar refractivity (Wildman–Crippen MR) is 77.9 cm³/mol. The van der Waals surface area contributed by atoms with Gasteiger partial charge < -0.3 is 15.2 Å². The van der Waals surface area contributed by atoms with Crippen LogP contribution in [0.5, 0.6) is 0 Å². The van der Waals surface area contributed by atoms with Gasteiger partial charge in [0.2, 0.25) is 5.91 Å². The molecule has 0 spiro atoms. The molecule has 0 radical (unpaired) electrons. The summed E-state index contributed by atoms with van der Waals surface area (Å²) in [6, 6.07) is 3.26. The van der Waals surface area contributed by atoms with E-state index in [1.807, 2.05) is 0 Å². The Morgan fingerprint density at radius 3 is 2.76 bits per heavy atom. The van der Waals surface area contributed by atoms with Gasteiger partial charge in [0, 0.05) is 25.0 Å². The van der Waals surface area contributed by atoms with Crippen molar-refractivity contribution in [1.82, 2.24) is 0 Å². The van der Waals surface area contributed by atoms with Gasteiger partial charge in [0.25, 0.3) is 5.69 Å². The number of rotatable bonds is 8. The average Bonchev–Trinajstić information content (AvgIpc) is 2.43. The summed E-state index contributed by atoms with van der Waals surface area (Å²) in [4.78, 5) is 32.7. The molecule has 114 valence electrons. The number of ether oxygens (including phenoxy) is 1. The Hall–Kier alpha value is -2.13. The highest BCUT2D eigenvalue weighted by molar-refractivity contribution is 7.99. The number of nitro benzene ring substituents is 1. The summed E-state index contributed by atoms with van der Waals surface area (Å²) in [6.45, 7) is 0.510. The third-order valence-electron chi connectivity index (χ3n) is 2.38. The lowest BCUT2D eigenvalue weighted by Gasteiger charge is -2.08. The van der Waals surface area contributed by atoms with Crippen molar-refractivity contribution in [2.75, 3.05) is 30.5 Å². The molecule has 1 aromatic rings. The van der Waals surface area contributed by atoms with Gasteiger partial charge in [-0.25, -0.2) is 4.79 Å². The van der Waals surface area contributed by atoms with Gasteiger partial charge in [0.15, 0.2) is 0 Å². The molecule has 9 heteroatoms. The van der Waals surface area contributed by atoms with Crippen LogP contribution in [0.2, 0.25) is 0 Å². The Balaban J connectivity index is 2.76. The minimum Gasteiger partial charge on any atom is -0.478 e. The maximum Gasteiger partial charge on any atom is 0.338 e. The molecule has 8 nitrogen and oxygen atoms in total. The van der Waals surface area contributed by atoms with Gasteiger partial charge in [0.1, 0.15) is 0 Å². The average molecular weight is 314 g/mol. The van der Waals surface area contributed by atoms with Gasteiger partial charge in [-0.15, -0.1) is 11.8 Å². The minimum absolute atomic E-state index is 0.0328. The van der Waals surface area contributed by atoms with Crippen LogP contribution in [0, 0.1) is 10.1 Å². The number of nitro groups is 1. The van der Waals surface area contributed by atoms with E-state index in [9.17, 15) is 19.7 Å². The van der Waals surface area contributed by atoms with Crippen molar-refractivity contribution in [1.29, 1.82) is 0 Å². The molecule has 0 aliphatic rings. The summed E-state index contributed by atoms with van der Waals surface area (Å²) < 4.78 is 4.83. The summed E-state index contributed by atoms with van der Waals surface area (Å²) in [5.74, 6) is -0.955. The van der Waals surface area contributed by atoms with Crippen LogP contribution in [0.4, 0.5) is 11.4 Å². The second-order valence-electron chi connectivity index (χ2n) is 3.89. The maximum atomic E-state index is 11.7. The van der Waals surface area contributed by atoms with Crippen molar-refractivity contribution >= 4 is 35.0 Å². The number of methoxy groups -OCH3 is 1. The fraction of sp³-hybridized carbons (Fsp3) is 0.333. The molecule has 0 bridgehead atoms. The van der Waals surface area contributed by atoms with Gasteiger partial charge >= 0.3 is 5.97 Å². The number of non-ortho nitro benzene ring substituents is 1. The molecule has 2 N–H and O–H groups in total. The van der Waals surface area contributed by atoms with Crippen molar-refractivity contribution in [2.45, 2.75) is 0 Å². The van der Waals surface area contributed by atoms with Gasteiger partial charge in [0.05, 0.1) is 28.5 Å². The Labute approximate surface area is 124 Å². The van der Waals surface area contributed by atoms with Crippen LogP contribution in [-0.2, 0) is 9.53 Å². The number of carboxylic acid groups (broad SMARTS) is 1. The molecular weight excluding hydrogens is 300 g/mol. The fourth-order valence-corrected chi connectivity index (χ4v) is 2.11. The first-order chi connectivity index (χ1) is 9.95. The van der Waals surface area contributed by atoms with Gasteiger partial charge in [-0.05, 0) is 6.07 Å². The van der Waals surface area contributed by atoms with Gasteiger partial charge in [-0.1, -0.05) is 0 Å². The smallest absolute Gasteiger partial charge is 0.338 e. The van der Waals surface area contributed by atoms with Crippen molar-refractivity contribution in [3.05, 3.63) is 33.9 Å². The van der Waals surface area contributed by atoms with Crippen LogP contribution >= 0.6 is 11.8 Å². The highest BCUT2D eigenvalue weighted by Crippen LogP contribution is 2.22. The monoisotopic (exact) mass is 314 g/mol. The van der Waals surface area contributed by atoms with Crippen LogP contribution in [0.3, 0.4) is 0 Å². The third-order valence-corrected chi connectivity index (χ3v) is 3.31. The van der Waals surface area contributed by atoms with E-state index in [2.05, 4.69) is 5.32 Å². The van der Waals surface area contributed by atoms with E-state index in [0.29, 0.717) is 12.4 Å². The number of hydrogen-bond donors (Lipinski definition) is 2. The number of carboxylic acids is 1. The number of amides is 1. The third kappa shape index (κ3) is 5.40. The van der Waals surface area contributed by atoms with Crippen molar-refractivity contribution in [3.63, 3.8) is 0 Å². The van der Waals surface area contributed by atoms with E-state index in [-0.39, 0.29) is 28.6 Å². The highest BCUT2D eigenvalue weighted by Gasteiger charge is 2.17. The van der Waals surface area contributed by atoms with E-state index in [1.165, 1.54) is 17.8 Å². The van der Waals surface area contributed by atoms with E-state index in [1.54, 1.807) is 7.11 Å². The van der Waals surface area contributed by atoms with Crippen molar-refractivity contribution in [3.8, 4) is 0 Å². The second kappa shape index (κ2) is 8.22. The van der Waals surface area contributed by atoms with Crippen LogP contribution < -0.4 is 5.32 Å². The first-order valence-electron chi connectivity index (χ1n) is 5.84. The zero-order valence-electron chi connectivity index (χ0n) is 11.2. The standard InChI is InChI=1S/C12H14N2O6S/c1-20-4-5-21-7-11(15)13-10-3-2-8(14(18)19)6-9(10)12(16)17/h2-3,6H,4-5,7H2,1H3,(H,13,15)(H,16,17). The number of thioether (sulfide) groups is 1. The number of nitrogens with one attached hydrogen (secondary N) is 1. The number of hydrogen-bond acceptors (Lipinski definition) is 6. The largest absolute Gasteiger partial charge is 0.478 e. The molecule has 21 heavy (non-hydrogen) atoms. The Kier molecular flexibility index (Phi) is 6.63. The molecular formula is C12H14N2O6S. The Morgan fingerprint density at radius 1 is 1.48 bits per heavy atom. The SMILES string of the molecule is COCCSCC(=O)Nc1ccc([N+](=O)[O-])cc1C(=O)O. The molecule has 0 heterocycles. The number of nitrogens with zero attached hydrogens (tertiary/aromatic N) is 1. The maximum absolute atomic E-state index is 11.7. The Morgan fingerprint density at radius 2 is 2.19 bits per heavy atom. The van der Waals surface area contributed by atoms with Crippen molar-refractivity contribution in [2.24, 2.45) is 0 Å². The molecule has 1 amide bonds. The molecule has 1 rings (SSSR count).